The van der Waals surface area contributed by atoms with Gasteiger partial charge in [0.25, 0.3) is 0 Å². The molecular weight excluding hydrogens is 440 g/mol. The number of rotatable bonds is 3. The van der Waals surface area contributed by atoms with Crippen molar-refractivity contribution in [3.63, 3.8) is 0 Å². The van der Waals surface area contributed by atoms with Crippen LogP contribution in [0.3, 0.4) is 0 Å². The Morgan fingerprint density at radius 2 is 1.69 bits per heavy atom. The molecule has 1 aromatic heterocycles. The van der Waals surface area contributed by atoms with Crippen molar-refractivity contribution in [1.29, 1.82) is 0 Å². The van der Waals surface area contributed by atoms with E-state index in [1.165, 1.54) is 10.9 Å². The maximum atomic E-state index is 5.99. The number of para-hydroxylation sites is 1. The highest BCUT2D eigenvalue weighted by atomic mass is 16.7. The van der Waals surface area contributed by atoms with Crippen LogP contribution in [-0.2, 0) is 0 Å². The summed E-state index contributed by atoms with van der Waals surface area (Å²) in [4.78, 5) is 5.81. The van der Waals surface area contributed by atoms with E-state index >= 15 is 0 Å². The van der Waals surface area contributed by atoms with Crippen molar-refractivity contribution in [2.45, 2.75) is 6.04 Å². The summed E-state index contributed by atoms with van der Waals surface area (Å²) in [7, 11) is 5.54. The van der Waals surface area contributed by atoms with E-state index in [0.717, 1.165) is 61.7 Å². The van der Waals surface area contributed by atoms with Gasteiger partial charge in [0.05, 0.1) is 25.9 Å². The Morgan fingerprint density at radius 3 is 2.51 bits per heavy atom. The Balaban J connectivity index is 1.58. The lowest BCUT2D eigenvalue weighted by Gasteiger charge is -2.39. The number of fused-ring (bicyclic) bond motifs is 7. The van der Waals surface area contributed by atoms with Crippen LogP contribution in [0.2, 0.25) is 0 Å². The van der Waals surface area contributed by atoms with Gasteiger partial charge in [-0.15, -0.1) is 0 Å². The quantitative estimate of drug-likeness (QED) is 0.341. The minimum absolute atomic E-state index is 0.102. The first-order valence-corrected chi connectivity index (χ1v) is 11.6. The molecule has 35 heavy (non-hydrogen) atoms. The molecule has 0 bridgehead atoms. The van der Waals surface area contributed by atoms with Gasteiger partial charge in [0.15, 0.2) is 23.0 Å². The van der Waals surface area contributed by atoms with Crippen molar-refractivity contribution >= 4 is 27.4 Å². The molecule has 6 heteroatoms. The molecule has 3 heterocycles. The second kappa shape index (κ2) is 7.34. The zero-order valence-electron chi connectivity index (χ0n) is 19.7. The minimum Gasteiger partial charge on any atom is -0.493 e. The van der Waals surface area contributed by atoms with E-state index in [-0.39, 0.29) is 12.8 Å². The third-order valence-electron chi connectivity index (χ3n) is 7.29. The summed E-state index contributed by atoms with van der Waals surface area (Å²) in [5, 5.41) is 3.42. The second-order valence-electron chi connectivity index (χ2n) is 8.95. The van der Waals surface area contributed by atoms with E-state index in [0.29, 0.717) is 0 Å². The molecular formula is C29H24N2O4. The smallest absolute Gasteiger partial charge is 0.231 e. The van der Waals surface area contributed by atoms with E-state index in [4.69, 9.17) is 18.9 Å². The van der Waals surface area contributed by atoms with Crippen molar-refractivity contribution in [3.8, 4) is 34.1 Å². The first-order valence-electron chi connectivity index (χ1n) is 11.6. The number of hydrogen-bond acceptors (Lipinski definition) is 5. The summed E-state index contributed by atoms with van der Waals surface area (Å²) in [6, 6.07) is 20.9. The molecule has 5 aromatic rings. The van der Waals surface area contributed by atoms with E-state index < -0.39 is 0 Å². The summed E-state index contributed by atoms with van der Waals surface area (Å²) >= 11 is 0. The highest BCUT2D eigenvalue weighted by Gasteiger charge is 2.36. The van der Waals surface area contributed by atoms with Gasteiger partial charge in [-0.05, 0) is 41.3 Å². The molecule has 1 atom stereocenters. The number of nitrogens with zero attached hydrogens (tertiary/aromatic N) is 1. The van der Waals surface area contributed by atoms with Gasteiger partial charge in [-0.2, -0.15) is 0 Å². The predicted octanol–water partition coefficient (Wildman–Crippen LogP) is 6.27. The molecule has 1 unspecified atom stereocenters. The summed E-state index contributed by atoms with van der Waals surface area (Å²) < 4.78 is 23.1. The predicted molar refractivity (Wildman–Crippen MR) is 137 cm³/mol. The molecule has 0 saturated carbocycles. The van der Waals surface area contributed by atoms with Gasteiger partial charge in [0.1, 0.15) is 0 Å². The Hall–Kier alpha value is -4.32. The van der Waals surface area contributed by atoms with Gasteiger partial charge < -0.3 is 28.8 Å². The average Bonchev–Trinajstić information content (AvgIpc) is 3.53. The van der Waals surface area contributed by atoms with Crippen LogP contribution in [0.1, 0.15) is 17.2 Å². The van der Waals surface area contributed by atoms with Gasteiger partial charge in [0.2, 0.25) is 6.79 Å². The normalized spacial score (nSPS) is 15.9. The van der Waals surface area contributed by atoms with Gasteiger partial charge in [-0.1, -0.05) is 30.3 Å². The topological polar surface area (TPSA) is 56.0 Å². The number of nitrogens with one attached hydrogen (secondary N) is 1. The third kappa shape index (κ3) is 2.71. The van der Waals surface area contributed by atoms with Gasteiger partial charge >= 0.3 is 0 Å². The van der Waals surface area contributed by atoms with E-state index in [1.807, 2.05) is 6.07 Å². The number of anilines is 1. The molecule has 0 saturated heterocycles. The molecule has 0 aliphatic carbocycles. The van der Waals surface area contributed by atoms with Crippen LogP contribution >= 0.6 is 0 Å². The van der Waals surface area contributed by atoms with Gasteiger partial charge in [-0.25, -0.2) is 0 Å². The molecule has 7 rings (SSSR count). The first kappa shape index (κ1) is 20.1. The summed E-state index contributed by atoms with van der Waals surface area (Å²) in [5.41, 5.74) is 6.80. The second-order valence-corrected chi connectivity index (χ2v) is 8.95. The molecule has 0 spiro atoms. The highest BCUT2D eigenvalue weighted by molar-refractivity contribution is 6.06. The lowest BCUT2D eigenvalue weighted by molar-refractivity contribution is 0.174. The van der Waals surface area contributed by atoms with E-state index in [2.05, 4.69) is 77.7 Å². The Labute approximate surface area is 202 Å². The SMILES string of the molecule is COc1ccc2c(c1OC)C(c1c[nH]c3ccccc13)N(C)c1c-2ccc2cc3c(cc12)OCO3. The first-order chi connectivity index (χ1) is 17.2. The van der Waals surface area contributed by atoms with Crippen LogP contribution < -0.4 is 23.8 Å². The van der Waals surface area contributed by atoms with E-state index in [1.54, 1.807) is 14.2 Å². The zero-order chi connectivity index (χ0) is 23.7. The molecule has 1 N–H and O–H groups in total. The van der Waals surface area contributed by atoms with Gasteiger partial charge in [0, 0.05) is 46.2 Å². The number of aromatic amines is 1. The minimum atomic E-state index is -0.102. The molecule has 2 aliphatic rings. The fraction of sp³-hybridized carbons (Fsp3) is 0.172. The van der Waals surface area contributed by atoms with Crippen molar-refractivity contribution in [1.82, 2.24) is 4.98 Å². The molecule has 0 radical (unpaired) electrons. The molecule has 0 amide bonds. The largest absolute Gasteiger partial charge is 0.493 e. The third-order valence-corrected chi connectivity index (χ3v) is 7.29. The molecule has 0 fully saturated rings. The lowest BCUT2D eigenvalue weighted by Crippen LogP contribution is -2.30. The van der Waals surface area contributed by atoms with Crippen molar-refractivity contribution in [2.24, 2.45) is 0 Å². The fourth-order valence-electron chi connectivity index (χ4n) is 5.76. The summed E-state index contributed by atoms with van der Waals surface area (Å²) in [5.74, 6) is 3.04. The van der Waals surface area contributed by atoms with Crippen molar-refractivity contribution in [2.75, 3.05) is 33.0 Å². The molecule has 6 nitrogen and oxygen atoms in total. The lowest BCUT2D eigenvalue weighted by atomic mass is 9.83. The maximum Gasteiger partial charge on any atom is 0.231 e. The Kier molecular flexibility index (Phi) is 4.21. The van der Waals surface area contributed by atoms with Crippen LogP contribution in [0.5, 0.6) is 23.0 Å². The number of hydrogen-bond donors (Lipinski definition) is 1. The Morgan fingerprint density at radius 1 is 0.886 bits per heavy atom. The number of benzene rings is 4. The zero-order valence-corrected chi connectivity index (χ0v) is 19.7. The average molecular weight is 465 g/mol. The number of aromatic nitrogens is 1. The number of methoxy groups -OCH3 is 2. The van der Waals surface area contributed by atoms with Gasteiger partial charge in [-0.3, -0.25) is 0 Å². The fourth-order valence-corrected chi connectivity index (χ4v) is 5.76. The number of ether oxygens (including phenoxy) is 4. The highest BCUT2D eigenvalue weighted by Crippen LogP contribution is 2.55. The van der Waals surface area contributed by atoms with Crippen molar-refractivity contribution in [3.05, 3.63) is 78.0 Å². The van der Waals surface area contributed by atoms with Crippen LogP contribution in [0.4, 0.5) is 5.69 Å². The van der Waals surface area contributed by atoms with Crippen LogP contribution in [0.15, 0.2) is 66.9 Å². The molecule has 2 aliphatic heterocycles. The molecule has 174 valence electrons. The van der Waals surface area contributed by atoms with Crippen LogP contribution in [0.25, 0.3) is 32.8 Å². The van der Waals surface area contributed by atoms with Crippen LogP contribution in [-0.4, -0.2) is 33.0 Å². The standard InChI is InChI=1S/C29H24N2O4/c1-31-27-19(9-8-16-12-24-25(13-20(16)27)35-15-34-24)18-10-11-23(32-2)29(33-3)26(18)28(31)21-14-30-22-7-5-4-6-17(21)22/h4-14,28,30H,15H2,1-3H3. The van der Waals surface area contributed by atoms with Crippen molar-refractivity contribution < 1.29 is 18.9 Å². The summed E-state index contributed by atoms with van der Waals surface area (Å²) in [6.07, 6.45) is 2.11. The van der Waals surface area contributed by atoms with Crippen LogP contribution in [0, 0.1) is 0 Å². The molecule has 4 aromatic carbocycles. The Bertz CT molecular complexity index is 1640. The monoisotopic (exact) mass is 464 g/mol. The maximum absolute atomic E-state index is 5.99. The van der Waals surface area contributed by atoms with E-state index in [9.17, 15) is 0 Å². The summed E-state index contributed by atoms with van der Waals surface area (Å²) in [6.45, 7) is 0.251. The number of H-pyrrole nitrogens is 1.